The SMILES string of the molecule is O=C(O)NCc1ccc(-c2cccc(NC(=O)OCc3ccccc3)c2)cc1. The summed E-state index contributed by atoms with van der Waals surface area (Å²) < 4.78 is 5.23. The zero-order valence-corrected chi connectivity index (χ0v) is 15.1. The van der Waals surface area contributed by atoms with Gasteiger partial charge in [-0.2, -0.15) is 0 Å². The van der Waals surface area contributed by atoms with Crippen molar-refractivity contribution in [1.29, 1.82) is 0 Å². The highest BCUT2D eigenvalue weighted by Crippen LogP contribution is 2.23. The molecule has 0 aliphatic heterocycles. The second-order valence-corrected chi connectivity index (χ2v) is 6.12. The van der Waals surface area contributed by atoms with Gasteiger partial charge in [-0.25, -0.2) is 9.59 Å². The van der Waals surface area contributed by atoms with Gasteiger partial charge < -0.3 is 15.2 Å². The minimum Gasteiger partial charge on any atom is -0.465 e. The maximum Gasteiger partial charge on any atom is 0.411 e. The number of rotatable bonds is 6. The first-order valence-electron chi connectivity index (χ1n) is 8.74. The van der Waals surface area contributed by atoms with E-state index in [0.29, 0.717) is 5.69 Å². The van der Waals surface area contributed by atoms with Crippen LogP contribution in [-0.2, 0) is 17.9 Å². The van der Waals surface area contributed by atoms with Crippen molar-refractivity contribution >= 4 is 17.9 Å². The van der Waals surface area contributed by atoms with Gasteiger partial charge in [-0.05, 0) is 34.4 Å². The first-order valence-corrected chi connectivity index (χ1v) is 8.74. The number of hydrogen-bond acceptors (Lipinski definition) is 3. The summed E-state index contributed by atoms with van der Waals surface area (Å²) in [5.41, 5.74) is 4.31. The fourth-order valence-corrected chi connectivity index (χ4v) is 2.65. The van der Waals surface area contributed by atoms with E-state index in [4.69, 9.17) is 9.84 Å². The largest absolute Gasteiger partial charge is 0.465 e. The van der Waals surface area contributed by atoms with Crippen LogP contribution in [0.25, 0.3) is 11.1 Å². The molecule has 6 heteroatoms. The van der Waals surface area contributed by atoms with Crippen LogP contribution in [0.3, 0.4) is 0 Å². The molecule has 3 rings (SSSR count). The van der Waals surface area contributed by atoms with Crippen molar-refractivity contribution in [2.24, 2.45) is 0 Å². The number of hydrogen-bond donors (Lipinski definition) is 3. The number of carbonyl (C=O) groups excluding carboxylic acids is 1. The quantitative estimate of drug-likeness (QED) is 0.573. The highest BCUT2D eigenvalue weighted by atomic mass is 16.5. The lowest BCUT2D eigenvalue weighted by molar-refractivity contribution is 0.155. The molecular weight excluding hydrogens is 356 g/mol. The topological polar surface area (TPSA) is 87.7 Å². The summed E-state index contributed by atoms with van der Waals surface area (Å²) in [6, 6.07) is 24.4. The standard InChI is InChI=1S/C22H20N2O4/c25-21(26)23-14-16-9-11-18(12-10-16)19-7-4-8-20(13-19)24-22(27)28-15-17-5-2-1-3-6-17/h1-13,23H,14-15H2,(H,24,27)(H,25,26). The Bertz CT molecular complexity index is 940. The molecule has 0 radical (unpaired) electrons. The number of anilines is 1. The summed E-state index contributed by atoms with van der Waals surface area (Å²) in [5.74, 6) is 0. The van der Waals surface area contributed by atoms with Gasteiger partial charge >= 0.3 is 12.2 Å². The zero-order valence-electron chi connectivity index (χ0n) is 15.1. The number of carboxylic acid groups (broad SMARTS) is 1. The Kier molecular flexibility index (Phi) is 6.25. The lowest BCUT2D eigenvalue weighted by Gasteiger charge is -2.09. The molecule has 6 nitrogen and oxygen atoms in total. The smallest absolute Gasteiger partial charge is 0.411 e. The second kappa shape index (κ2) is 9.23. The van der Waals surface area contributed by atoms with Gasteiger partial charge in [0.1, 0.15) is 6.61 Å². The molecule has 3 N–H and O–H groups in total. The van der Waals surface area contributed by atoms with E-state index in [2.05, 4.69) is 10.6 Å². The molecule has 0 bridgehead atoms. The third kappa shape index (κ3) is 5.60. The molecule has 0 aromatic heterocycles. The van der Waals surface area contributed by atoms with E-state index in [0.717, 1.165) is 22.3 Å². The summed E-state index contributed by atoms with van der Waals surface area (Å²) >= 11 is 0. The van der Waals surface area contributed by atoms with Gasteiger partial charge in [0.05, 0.1) is 0 Å². The maximum absolute atomic E-state index is 12.0. The number of carbonyl (C=O) groups is 2. The Labute approximate surface area is 162 Å². The third-order valence-corrected chi connectivity index (χ3v) is 4.05. The molecule has 0 fully saturated rings. The van der Waals surface area contributed by atoms with E-state index in [-0.39, 0.29) is 13.2 Å². The molecular formula is C22H20N2O4. The molecule has 0 spiro atoms. The number of amides is 2. The molecule has 3 aromatic rings. The first-order chi connectivity index (χ1) is 13.6. The maximum atomic E-state index is 12.0. The Balaban J connectivity index is 1.60. The molecule has 0 heterocycles. The molecule has 0 atom stereocenters. The van der Waals surface area contributed by atoms with Gasteiger partial charge in [0.15, 0.2) is 0 Å². The van der Waals surface area contributed by atoms with Gasteiger partial charge in [-0.15, -0.1) is 0 Å². The predicted octanol–water partition coefficient (Wildman–Crippen LogP) is 4.87. The average Bonchev–Trinajstić information content (AvgIpc) is 2.72. The summed E-state index contributed by atoms with van der Waals surface area (Å²) in [4.78, 5) is 22.6. The van der Waals surface area contributed by atoms with E-state index in [1.54, 1.807) is 6.07 Å². The molecule has 0 saturated heterocycles. The fraction of sp³-hybridized carbons (Fsp3) is 0.0909. The van der Waals surface area contributed by atoms with E-state index in [1.165, 1.54) is 0 Å². The lowest BCUT2D eigenvalue weighted by atomic mass is 10.0. The van der Waals surface area contributed by atoms with Crippen molar-refractivity contribution in [2.45, 2.75) is 13.2 Å². The van der Waals surface area contributed by atoms with Crippen molar-refractivity contribution in [3.8, 4) is 11.1 Å². The second-order valence-electron chi connectivity index (χ2n) is 6.12. The van der Waals surface area contributed by atoms with E-state index in [1.807, 2.05) is 72.8 Å². The van der Waals surface area contributed by atoms with Crippen LogP contribution in [0.15, 0.2) is 78.9 Å². The van der Waals surface area contributed by atoms with Crippen LogP contribution in [0.4, 0.5) is 15.3 Å². The predicted molar refractivity (Wildman–Crippen MR) is 107 cm³/mol. The Hall–Kier alpha value is -3.80. The van der Waals surface area contributed by atoms with Gasteiger partial charge in [-0.3, -0.25) is 5.32 Å². The Morgan fingerprint density at radius 1 is 0.821 bits per heavy atom. The number of benzene rings is 3. The molecule has 0 aliphatic carbocycles. The fourth-order valence-electron chi connectivity index (χ4n) is 2.65. The Morgan fingerprint density at radius 3 is 2.29 bits per heavy atom. The molecule has 142 valence electrons. The number of ether oxygens (including phenoxy) is 1. The van der Waals surface area contributed by atoms with Gasteiger partial charge in [-0.1, -0.05) is 66.7 Å². The van der Waals surface area contributed by atoms with E-state index >= 15 is 0 Å². The van der Waals surface area contributed by atoms with Gasteiger partial charge in [0.2, 0.25) is 0 Å². The summed E-state index contributed by atoms with van der Waals surface area (Å²) in [5, 5.41) is 13.7. The van der Waals surface area contributed by atoms with Crippen LogP contribution < -0.4 is 10.6 Å². The van der Waals surface area contributed by atoms with Crippen molar-refractivity contribution in [1.82, 2.24) is 5.32 Å². The molecule has 0 unspecified atom stereocenters. The highest BCUT2D eigenvalue weighted by Gasteiger charge is 2.06. The first kappa shape index (κ1) is 19.0. The molecule has 0 saturated carbocycles. The summed E-state index contributed by atoms with van der Waals surface area (Å²) in [6.45, 7) is 0.461. The molecule has 2 amide bonds. The highest BCUT2D eigenvalue weighted by molar-refractivity contribution is 5.86. The zero-order chi connectivity index (χ0) is 19.8. The van der Waals surface area contributed by atoms with E-state index in [9.17, 15) is 9.59 Å². The minimum absolute atomic E-state index is 0.207. The normalized spacial score (nSPS) is 10.1. The van der Waals surface area contributed by atoms with Crippen molar-refractivity contribution in [3.05, 3.63) is 90.0 Å². The van der Waals surface area contributed by atoms with Crippen molar-refractivity contribution in [3.63, 3.8) is 0 Å². The van der Waals surface area contributed by atoms with Crippen molar-refractivity contribution < 1.29 is 19.4 Å². The van der Waals surface area contributed by atoms with Gasteiger partial charge in [0, 0.05) is 12.2 Å². The lowest BCUT2D eigenvalue weighted by Crippen LogP contribution is -2.19. The number of nitrogens with one attached hydrogen (secondary N) is 2. The van der Waals surface area contributed by atoms with Crippen LogP contribution in [0.5, 0.6) is 0 Å². The third-order valence-electron chi connectivity index (χ3n) is 4.05. The van der Waals surface area contributed by atoms with Crippen LogP contribution in [0.2, 0.25) is 0 Å². The van der Waals surface area contributed by atoms with Crippen LogP contribution in [0, 0.1) is 0 Å². The van der Waals surface area contributed by atoms with Crippen LogP contribution in [-0.4, -0.2) is 17.3 Å². The molecule has 3 aromatic carbocycles. The minimum atomic E-state index is -1.05. The van der Waals surface area contributed by atoms with E-state index < -0.39 is 12.2 Å². The summed E-state index contributed by atoms with van der Waals surface area (Å²) in [6.07, 6.45) is -1.57. The molecule has 28 heavy (non-hydrogen) atoms. The molecule has 0 aliphatic rings. The van der Waals surface area contributed by atoms with Crippen molar-refractivity contribution in [2.75, 3.05) is 5.32 Å². The van der Waals surface area contributed by atoms with Crippen LogP contribution >= 0.6 is 0 Å². The van der Waals surface area contributed by atoms with Gasteiger partial charge in [0.25, 0.3) is 0 Å². The Morgan fingerprint density at radius 2 is 1.57 bits per heavy atom. The monoisotopic (exact) mass is 376 g/mol. The van der Waals surface area contributed by atoms with Crippen LogP contribution in [0.1, 0.15) is 11.1 Å². The summed E-state index contributed by atoms with van der Waals surface area (Å²) in [7, 11) is 0. The average molecular weight is 376 g/mol.